The normalized spacial score (nSPS) is 11.5. The monoisotopic (exact) mass is 446 g/mol. The smallest absolute Gasteiger partial charge is 0.417 e. The summed E-state index contributed by atoms with van der Waals surface area (Å²) in [6.45, 7) is 0. The van der Waals surface area contributed by atoms with Gasteiger partial charge in [0.15, 0.2) is 10.8 Å². The van der Waals surface area contributed by atoms with Crippen LogP contribution in [-0.2, 0) is 11.0 Å². The van der Waals surface area contributed by atoms with Gasteiger partial charge in [-0.2, -0.15) is 13.2 Å². The SMILES string of the molecule is COc1ccc(OC)c(NC(=O)CSc2nnc3c(Cl)cc(C(F)(F)F)cn23)c1. The van der Waals surface area contributed by atoms with Crippen molar-refractivity contribution in [2.24, 2.45) is 0 Å². The lowest BCUT2D eigenvalue weighted by molar-refractivity contribution is -0.137. The first-order valence-electron chi connectivity index (χ1n) is 7.99. The lowest BCUT2D eigenvalue weighted by Crippen LogP contribution is -2.15. The highest BCUT2D eigenvalue weighted by Gasteiger charge is 2.32. The number of hydrogen-bond donors (Lipinski definition) is 1. The Morgan fingerprint density at radius 3 is 2.66 bits per heavy atom. The maximum atomic E-state index is 13.0. The van der Waals surface area contributed by atoms with Gasteiger partial charge in [-0.25, -0.2) is 0 Å². The molecule has 12 heteroatoms. The minimum absolute atomic E-state index is 0.0667. The molecule has 0 saturated heterocycles. The molecule has 7 nitrogen and oxygen atoms in total. The minimum Gasteiger partial charge on any atom is -0.497 e. The van der Waals surface area contributed by atoms with Crippen LogP contribution in [0.4, 0.5) is 18.9 Å². The van der Waals surface area contributed by atoms with Crippen molar-refractivity contribution in [3.63, 3.8) is 0 Å². The average molecular weight is 447 g/mol. The molecule has 2 heterocycles. The molecule has 1 N–H and O–H groups in total. The molecule has 1 aromatic carbocycles. The van der Waals surface area contributed by atoms with E-state index in [1.54, 1.807) is 18.2 Å². The number of ether oxygens (including phenoxy) is 2. The molecule has 3 aromatic rings. The Bertz CT molecular complexity index is 1060. The van der Waals surface area contributed by atoms with Crippen molar-refractivity contribution < 1.29 is 27.4 Å². The quantitative estimate of drug-likeness (QED) is 0.573. The summed E-state index contributed by atoms with van der Waals surface area (Å²) in [6, 6.07) is 5.67. The van der Waals surface area contributed by atoms with Crippen molar-refractivity contribution in [3.8, 4) is 11.5 Å². The number of hydrogen-bond acceptors (Lipinski definition) is 6. The highest BCUT2D eigenvalue weighted by Crippen LogP contribution is 2.33. The molecule has 0 atom stereocenters. The Morgan fingerprint density at radius 1 is 1.24 bits per heavy atom. The van der Waals surface area contributed by atoms with Gasteiger partial charge < -0.3 is 14.8 Å². The maximum Gasteiger partial charge on any atom is 0.417 e. The van der Waals surface area contributed by atoms with E-state index in [4.69, 9.17) is 21.1 Å². The highest BCUT2D eigenvalue weighted by atomic mass is 35.5. The largest absolute Gasteiger partial charge is 0.497 e. The van der Waals surface area contributed by atoms with Crippen LogP contribution in [0.1, 0.15) is 5.56 Å². The van der Waals surface area contributed by atoms with E-state index in [9.17, 15) is 18.0 Å². The van der Waals surface area contributed by atoms with Gasteiger partial charge in [0.2, 0.25) is 5.91 Å². The zero-order chi connectivity index (χ0) is 21.2. The third kappa shape index (κ3) is 4.67. The number of rotatable bonds is 6. The predicted molar refractivity (Wildman–Crippen MR) is 102 cm³/mol. The van der Waals surface area contributed by atoms with E-state index in [0.717, 1.165) is 28.4 Å². The van der Waals surface area contributed by atoms with E-state index in [0.29, 0.717) is 17.2 Å². The molecule has 2 aromatic heterocycles. The second kappa shape index (κ2) is 8.37. The summed E-state index contributed by atoms with van der Waals surface area (Å²) in [5, 5.41) is 10.2. The number of carbonyl (C=O) groups is 1. The number of carbonyl (C=O) groups excluding carboxylic acids is 1. The number of halogens is 4. The van der Waals surface area contributed by atoms with Gasteiger partial charge in [0.25, 0.3) is 0 Å². The lowest BCUT2D eigenvalue weighted by atomic mass is 10.2. The number of anilines is 1. The molecule has 0 spiro atoms. The standard InChI is InChI=1S/C17H14ClF3N4O3S/c1-27-10-3-4-13(28-2)12(6-10)22-14(26)8-29-16-24-23-15-11(18)5-9(7-25(15)16)17(19,20)21/h3-7H,8H2,1-2H3,(H,22,26). The fourth-order valence-corrected chi connectivity index (χ4v) is 3.37. The van der Waals surface area contributed by atoms with Crippen LogP contribution >= 0.6 is 23.4 Å². The third-order valence-corrected chi connectivity index (χ3v) is 4.99. The van der Waals surface area contributed by atoms with Gasteiger partial charge in [0, 0.05) is 12.3 Å². The van der Waals surface area contributed by atoms with E-state index in [1.165, 1.54) is 14.2 Å². The molecule has 0 saturated carbocycles. The van der Waals surface area contributed by atoms with E-state index in [-0.39, 0.29) is 21.6 Å². The second-order valence-corrected chi connectivity index (χ2v) is 7.00. The summed E-state index contributed by atoms with van der Waals surface area (Å²) in [6.07, 6.45) is -3.74. The number of aromatic nitrogens is 3. The summed E-state index contributed by atoms with van der Waals surface area (Å²) >= 11 is 6.79. The van der Waals surface area contributed by atoms with Crippen molar-refractivity contribution in [1.82, 2.24) is 14.6 Å². The molecular formula is C17H14ClF3N4O3S. The molecule has 29 heavy (non-hydrogen) atoms. The van der Waals surface area contributed by atoms with Crippen LogP contribution in [0.3, 0.4) is 0 Å². The Labute approximate surface area is 172 Å². The maximum absolute atomic E-state index is 13.0. The van der Waals surface area contributed by atoms with Crippen LogP contribution in [0.2, 0.25) is 5.02 Å². The van der Waals surface area contributed by atoms with Gasteiger partial charge in [0.05, 0.1) is 36.2 Å². The minimum atomic E-state index is -4.58. The molecule has 0 aliphatic heterocycles. The first kappa shape index (κ1) is 21.1. The summed E-state index contributed by atoms with van der Waals surface area (Å²) in [4.78, 5) is 12.3. The van der Waals surface area contributed by atoms with Crippen molar-refractivity contribution in [3.05, 3.63) is 41.0 Å². The fourth-order valence-electron chi connectivity index (χ4n) is 2.42. The Hall–Kier alpha value is -2.66. The number of alkyl halides is 3. The van der Waals surface area contributed by atoms with E-state index in [1.807, 2.05) is 0 Å². The van der Waals surface area contributed by atoms with Crippen molar-refractivity contribution >= 4 is 40.6 Å². The number of fused-ring (bicyclic) bond motifs is 1. The Kier molecular flexibility index (Phi) is 6.08. The highest BCUT2D eigenvalue weighted by molar-refractivity contribution is 7.99. The predicted octanol–water partition coefficient (Wildman–Crippen LogP) is 4.15. The number of thioether (sulfide) groups is 1. The zero-order valence-electron chi connectivity index (χ0n) is 15.1. The van der Waals surface area contributed by atoms with E-state index >= 15 is 0 Å². The number of nitrogens with zero attached hydrogens (tertiary/aromatic N) is 3. The van der Waals surface area contributed by atoms with Gasteiger partial charge in [-0.1, -0.05) is 23.4 Å². The molecule has 0 fully saturated rings. The van der Waals surface area contributed by atoms with Gasteiger partial charge in [-0.15, -0.1) is 10.2 Å². The molecule has 3 rings (SSSR count). The Morgan fingerprint density at radius 2 is 2.00 bits per heavy atom. The number of pyridine rings is 1. The molecule has 0 unspecified atom stereocenters. The molecular weight excluding hydrogens is 433 g/mol. The van der Waals surface area contributed by atoms with E-state index in [2.05, 4.69) is 15.5 Å². The second-order valence-electron chi connectivity index (χ2n) is 5.65. The molecule has 0 aliphatic carbocycles. The van der Waals surface area contributed by atoms with Crippen LogP contribution in [0, 0.1) is 0 Å². The van der Waals surface area contributed by atoms with Crippen LogP contribution in [0.25, 0.3) is 5.65 Å². The first-order chi connectivity index (χ1) is 13.7. The number of amides is 1. The summed E-state index contributed by atoms with van der Waals surface area (Å²) in [5.74, 6) is 0.399. The topological polar surface area (TPSA) is 77.8 Å². The number of benzene rings is 1. The van der Waals surface area contributed by atoms with Crippen LogP contribution in [0.15, 0.2) is 35.6 Å². The molecule has 0 aliphatic rings. The summed E-state index contributed by atoms with van der Waals surface area (Å²) < 4.78 is 50.5. The fraction of sp³-hybridized carbons (Fsp3) is 0.235. The number of nitrogens with one attached hydrogen (secondary N) is 1. The van der Waals surface area contributed by atoms with Gasteiger partial charge >= 0.3 is 6.18 Å². The summed E-state index contributed by atoms with van der Waals surface area (Å²) in [5.41, 5.74) is -0.481. The number of methoxy groups -OCH3 is 2. The lowest BCUT2D eigenvalue weighted by Gasteiger charge is -2.11. The van der Waals surface area contributed by atoms with Crippen molar-refractivity contribution in [1.29, 1.82) is 0 Å². The van der Waals surface area contributed by atoms with Crippen molar-refractivity contribution in [2.45, 2.75) is 11.3 Å². The first-order valence-corrected chi connectivity index (χ1v) is 9.35. The van der Waals surface area contributed by atoms with Crippen LogP contribution in [-0.4, -0.2) is 40.5 Å². The van der Waals surface area contributed by atoms with Crippen LogP contribution in [0.5, 0.6) is 11.5 Å². The molecule has 154 valence electrons. The van der Waals surface area contributed by atoms with Crippen LogP contribution < -0.4 is 14.8 Å². The van der Waals surface area contributed by atoms with Gasteiger partial charge in [0.1, 0.15) is 11.5 Å². The zero-order valence-corrected chi connectivity index (χ0v) is 16.7. The van der Waals surface area contributed by atoms with Crippen molar-refractivity contribution in [2.75, 3.05) is 25.3 Å². The Balaban J connectivity index is 1.77. The average Bonchev–Trinajstić information content (AvgIpc) is 3.09. The van der Waals surface area contributed by atoms with Gasteiger partial charge in [-0.05, 0) is 18.2 Å². The molecule has 1 amide bonds. The molecule has 0 bridgehead atoms. The van der Waals surface area contributed by atoms with Gasteiger partial charge in [-0.3, -0.25) is 9.20 Å². The van der Waals surface area contributed by atoms with E-state index < -0.39 is 17.6 Å². The molecule has 0 radical (unpaired) electrons. The summed E-state index contributed by atoms with van der Waals surface area (Å²) in [7, 11) is 2.94. The third-order valence-electron chi connectivity index (χ3n) is 3.77.